The second-order valence-electron chi connectivity index (χ2n) is 4.90. The van der Waals surface area contributed by atoms with E-state index in [0.717, 1.165) is 25.9 Å². The molecule has 1 aromatic rings. The Bertz CT molecular complexity index is 467. The van der Waals surface area contributed by atoms with Gasteiger partial charge in [-0.25, -0.2) is 9.78 Å². The minimum absolute atomic E-state index is 0.105. The monoisotopic (exact) mass is 282 g/mol. The summed E-state index contributed by atoms with van der Waals surface area (Å²) in [4.78, 5) is 29.1. The Hall–Kier alpha value is -1.43. The fourth-order valence-electron chi connectivity index (χ4n) is 2.40. The normalized spacial score (nSPS) is 19.5. The number of carbonyl (C=O) groups is 2. The molecule has 1 N–H and O–H groups in total. The van der Waals surface area contributed by atoms with E-state index in [-0.39, 0.29) is 16.4 Å². The summed E-state index contributed by atoms with van der Waals surface area (Å²) in [5, 5.41) is 9.77. The van der Waals surface area contributed by atoms with Crippen molar-refractivity contribution in [1.82, 2.24) is 4.98 Å². The molecule has 1 atom stereocenters. The number of hydrogen-bond acceptors (Lipinski definition) is 5. The van der Waals surface area contributed by atoms with Crippen LogP contribution in [0.3, 0.4) is 0 Å². The Labute approximate surface area is 116 Å². The summed E-state index contributed by atoms with van der Waals surface area (Å²) in [5.41, 5.74) is -0.105. The van der Waals surface area contributed by atoms with Crippen molar-refractivity contribution in [3.05, 3.63) is 10.6 Å². The molecule has 1 unspecified atom stereocenters. The standard InChI is InChI=1S/C13H18N2O3S/c1-3-9-5-4-6-15(7-9)13-14-10(12(17)18)11(19-13)8(2)16/h9H,3-7H2,1-2H3,(H,17,18). The molecule has 6 heteroatoms. The van der Waals surface area contributed by atoms with Crippen LogP contribution in [0.25, 0.3) is 0 Å². The Kier molecular flexibility index (Phi) is 4.19. The Balaban J connectivity index is 2.27. The third kappa shape index (κ3) is 2.94. The molecular formula is C13H18N2O3S. The lowest BCUT2D eigenvalue weighted by atomic mass is 9.96. The predicted molar refractivity (Wildman–Crippen MR) is 74.3 cm³/mol. The van der Waals surface area contributed by atoms with Gasteiger partial charge in [-0.3, -0.25) is 4.79 Å². The number of nitrogens with zero attached hydrogens (tertiary/aromatic N) is 2. The van der Waals surface area contributed by atoms with Crippen LogP contribution in [0.2, 0.25) is 0 Å². The summed E-state index contributed by atoms with van der Waals surface area (Å²) in [5.74, 6) is -0.728. The van der Waals surface area contributed by atoms with Gasteiger partial charge in [0.2, 0.25) is 0 Å². The maximum Gasteiger partial charge on any atom is 0.356 e. The average Bonchev–Trinajstić information content (AvgIpc) is 2.84. The molecule has 2 rings (SSSR count). The molecule has 0 radical (unpaired) electrons. The molecule has 104 valence electrons. The number of anilines is 1. The highest BCUT2D eigenvalue weighted by Gasteiger charge is 2.26. The van der Waals surface area contributed by atoms with Crippen molar-refractivity contribution >= 4 is 28.2 Å². The zero-order chi connectivity index (χ0) is 14.0. The fourth-order valence-corrected chi connectivity index (χ4v) is 3.39. The maximum atomic E-state index is 11.5. The Morgan fingerprint density at radius 1 is 1.53 bits per heavy atom. The van der Waals surface area contributed by atoms with Crippen LogP contribution in [0, 0.1) is 5.92 Å². The van der Waals surface area contributed by atoms with Crippen molar-refractivity contribution in [2.24, 2.45) is 5.92 Å². The molecular weight excluding hydrogens is 264 g/mol. The quantitative estimate of drug-likeness (QED) is 0.860. The Morgan fingerprint density at radius 3 is 2.79 bits per heavy atom. The third-order valence-corrected chi connectivity index (χ3v) is 4.72. The van der Waals surface area contributed by atoms with Gasteiger partial charge in [0.15, 0.2) is 16.6 Å². The van der Waals surface area contributed by atoms with Gasteiger partial charge in [-0.05, 0) is 18.8 Å². The lowest BCUT2D eigenvalue weighted by Crippen LogP contribution is -2.35. The van der Waals surface area contributed by atoms with Crippen molar-refractivity contribution in [3.8, 4) is 0 Å². The van der Waals surface area contributed by atoms with Crippen molar-refractivity contribution in [3.63, 3.8) is 0 Å². The molecule has 19 heavy (non-hydrogen) atoms. The van der Waals surface area contributed by atoms with Crippen molar-refractivity contribution < 1.29 is 14.7 Å². The molecule has 0 aromatic carbocycles. The highest BCUT2D eigenvalue weighted by Crippen LogP contribution is 2.31. The van der Waals surface area contributed by atoms with Crippen molar-refractivity contribution in [2.75, 3.05) is 18.0 Å². The molecule has 0 amide bonds. The minimum Gasteiger partial charge on any atom is -0.476 e. The second-order valence-corrected chi connectivity index (χ2v) is 5.88. The van der Waals surface area contributed by atoms with Crippen LogP contribution < -0.4 is 4.90 Å². The smallest absolute Gasteiger partial charge is 0.356 e. The molecule has 0 saturated carbocycles. The van der Waals surface area contributed by atoms with E-state index in [0.29, 0.717) is 11.0 Å². The number of Topliss-reactive ketones (excluding diaryl/α,β-unsaturated/α-hetero) is 1. The van der Waals surface area contributed by atoms with Gasteiger partial charge in [0.05, 0.1) is 0 Å². The molecule has 1 aliphatic heterocycles. The summed E-state index contributed by atoms with van der Waals surface area (Å²) in [6.07, 6.45) is 3.42. The molecule has 1 fully saturated rings. The number of aromatic nitrogens is 1. The molecule has 5 nitrogen and oxygen atoms in total. The average molecular weight is 282 g/mol. The zero-order valence-corrected chi connectivity index (χ0v) is 12.0. The van der Waals surface area contributed by atoms with Crippen LogP contribution in [0.5, 0.6) is 0 Å². The van der Waals surface area contributed by atoms with Gasteiger partial charge in [-0.15, -0.1) is 0 Å². The number of piperidine rings is 1. The van der Waals surface area contributed by atoms with E-state index in [1.165, 1.54) is 24.7 Å². The molecule has 0 bridgehead atoms. The molecule has 2 heterocycles. The number of hydrogen-bond donors (Lipinski definition) is 1. The molecule has 1 saturated heterocycles. The predicted octanol–water partition coefficient (Wildman–Crippen LogP) is 2.67. The number of carbonyl (C=O) groups excluding carboxylic acids is 1. The molecule has 1 aromatic heterocycles. The lowest BCUT2D eigenvalue weighted by molar-refractivity contribution is 0.0687. The first kappa shape index (κ1) is 14.0. The largest absolute Gasteiger partial charge is 0.476 e. The fraction of sp³-hybridized carbons (Fsp3) is 0.615. The van der Waals surface area contributed by atoms with E-state index >= 15 is 0 Å². The number of carboxylic acids is 1. The Morgan fingerprint density at radius 2 is 2.26 bits per heavy atom. The van der Waals surface area contributed by atoms with Crippen molar-refractivity contribution in [1.29, 1.82) is 0 Å². The number of carboxylic acid groups (broad SMARTS) is 1. The van der Waals surface area contributed by atoms with Gasteiger partial charge in [0.1, 0.15) is 4.88 Å². The summed E-state index contributed by atoms with van der Waals surface area (Å²) < 4.78 is 0. The number of thiazole rings is 1. The van der Waals surface area contributed by atoms with Crippen LogP contribution in [0.4, 0.5) is 5.13 Å². The summed E-state index contributed by atoms with van der Waals surface area (Å²) in [6, 6.07) is 0. The summed E-state index contributed by atoms with van der Waals surface area (Å²) in [7, 11) is 0. The van der Waals surface area contributed by atoms with Gasteiger partial charge in [-0.2, -0.15) is 0 Å². The summed E-state index contributed by atoms with van der Waals surface area (Å²) >= 11 is 1.20. The van der Waals surface area contributed by atoms with Gasteiger partial charge in [0, 0.05) is 20.0 Å². The first-order chi connectivity index (χ1) is 9.02. The SMILES string of the molecule is CCC1CCCN(c2nc(C(=O)O)c(C(C)=O)s2)C1. The van der Waals surface area contributed by atoms with E-state index in [1.54, 1.807) is 0 Å². The molecule has 0 aliphatic carbocycles. The topological polar surface area (TPSA) is 70.5 Å². The number of ketones is 1. The minimum atomic E-state index is -1.13. The van der Waals surface area contributed by atoms with Crippen molar-refractivity contribution in [2.45, 2.75) is 33.1 Å². The zero-order valence-electron chi connectivity index (χ0n) is 11.2. The maximum absolute atomic E-state index is 11.5. The highest BCUT2D eigenvalue weighted by molar-refractivity contribution is 7.17. The van der Waals surface area contributed by atoms with Gasteiger partial charge in [-0.1, -0.05) is 24.7 Å². The molecule has 0 spiro atoms. The highest BCUT2D eigenvalue weighted by atomic mass is 32.1. The molecule has 1 aliphatic rings. The van der Waals surface area contributed by atoms with Gasteiger partial charge < -0.3 is 10.0 Å². The van der Waals surface area contributed by atoms with Crippen LogP contribution in [0.1, 0.15) is 53.3 Å². The lowest BCUT2D eigenvalue weighted by Gasteiger charge is -2.31. The van der Waals surface area contributed by atoms with Crippen LogP contribution in [-0.2, 0) is 0 Å². The van der Waals surface area contributed by atoms with Gasteiger partial charge >= 0.3 is 5.97 Å². The third-order valence-electron chi connectivity index (χ3n) is 3.51. The first-order valence-electron chi connectivity index (χ1n) is 6.53. The van der Waals surface area contributed by atoms with E-state index in [1.807, 2.05) is 0 Å². The van der Waals surface area contributed by atoms with Gasteiger partial charge in [0.25, 0.3) is 0 Å². The van der Waals surface area contributed by atoms with E-state index in [9.17, 15) is 9.59 Å². The van der Waals surface area contributed by atoms with E-state index in [2.05, 4.69) is 16.8 Å². The van der Waals surface area contributed by atoms with Crippen LogP contribution in [-0.4, -0.2) is 34.9 Å². The van der Waals surface area contributed by atoms with E-state index < -0.39 is 5.97 Å². The van der Waals surface area contributed by atoms with Crippen LogP contribution in [0.15, 0.2) is 0 Å². The summed E-state index contributed by atoms with van der Waals surface area (Å²) in [6.45, 7) is 5.34. The number of rotatable bonds is 4. The first-order valence-corrected chi connectivity index (χ1v) is 7.34. The van der Waals surface area contributed by atoms with E-state index in [4.69, 9.17) is 5.11 Å². The number of aromatic carboxylic acids is 1. The van der Waals surface area contributed by atoms with Crippen LogP contribution >= 0.6 is 11.3 Å². The second kappa shape index (κ2) is 5.69.